The average Bonchev–Trinajstić information content (AvgIpc) is 3.03. The summed E-state index contributed by atoms with van der Waals surface area (Å²) in [7, 11) is 1.43. The van der Waals surface area contributed by atoms with Crippen LogP contribution >= 0.6 is 35.3 Å². The lowest BCUT2D eigenvalue weighted by atomic mass is 10.2. The Labute approximate surface area is 160 Å². The van der Waals surface area contributed by atoms with Gasteiger partial charge in [-0.25, -0.2) is 0 Å². The van der Waals surface area contributed by atoms with Crippen molar-refractivity contribution < 1.29 is 9.53 Å². The average molecular weight is 453 g/mol. The molecule has 0 radical (unpaired) electrons. The van der Waals surface area contributed by atoms with Gasteiger partial charge in [-0.15, -0.1) is 35.3 Å². The molecule has 0 fully saturated rings. The third-order valence-corrected chi connectivity index (χ3v) is 4.06. The lowest BCUT2D eigenvalue weighted by Crippen LogP contribution is -2.38. The number of nitrogens with zero attached hydrogens (tertiary/aromatic N) is 1. The molecule has 0 saturated heterocycles. The smallest absolute Gasteiger partial charge is 0.305 e. The highest BCUT2D eigenvalue weighted by atomic mass is 127. The number of hydrogen-bond donors (Lipinski definition) is 2. The van der Waals surface area contributed by atoms with Gasteiger partial charge in [0.25, 0.3) is 0 Å². The number of aliphatic imine (C=N–C) groups is 1. The molecule has 1 aromatic rings. The van der Waals surface area contributed by atoms with Gasteiger partial charge in [-0.2, -0.15) is 0 Å². The standard InChI is InChI=1S/C16H27N3O2S.HI/c1-3-17-16(19-12-10-14-8-7-13-22-14)18-11-6-4-5-9-15(20)21-2;/h7-8,13H,3-6,9-12H2,1-2H3,(H2,17,18,19);1H. The van der Waals surface area contributed by atoms with Crippen molar-refractivity contribution in [3.05, 3.63) is 22.4 Å². The summed E-state index contributed by atoms with van der Waals surface area (Å²) in [5, 5.41) is 8.70. The first-order chi connectivity index (χ1) is 10.8. The minimum atomic E-state index is -0.132. The Morgan fingerprint density at radius 3 is 2.78 bits per heavy atom. The molecular weight excluding hydrogens is 425 g/mol. The number of ether oxygens (including phenoxy) is 1. The summed E-state index contributed by atoms with van der Waals surface area (Å²) in [5.41, 5.74) is 0. The van der Waals surface area contributed by atoms with Gasteiger partial charge >= 0.3 is 5.97 Å². The van der Waals surface area contributed by atoms with Crippen LogP contribution in [0.1, 0.15) is 37.5 Å². The molecule has 0 aliphatic carbocycles. The van der Waals surface area contributed by atoms with E-state index >= 15 is 0 Å². The third kappa shape index (κ3) is 11.4. The molecule has 0 saturated carbocycles. The summed E-state index contributed by atoms with van der Waals surface area (Å²) in [5.74, 6) is 0.735. The molecule has 1 heterocycles. The maximum absolute atomic E-state index is 11.0. The highest BCUT2D eigenvalue weighted by Gasteiger charge is 2.00. The first-order valence-corrected chi connectivity index (χ1v) is 8.75. The zero-order valence-corrected chi connectivity index (χ0v) is 17.1. The Balaban J connectivity index is 0.00000484. The Bertz CT molecular complexity index is 439. The van der Waals surface area contributed by atoms with E-state index in [1.807, 2.05) is 0 Å². The van der Waals surface area contributed by atoms with Gasteiger partial charge < -0.3 is 15.4 Å². The number of halogens is 1. The van der Waals surface area contributed by atoms with Crippen LogP contribution in [-0.4, -0.2) is 38.7 Å². The van der Waals surface area contributed by atoms with Crippen LogP contribution in [0.5, 0.6) is 0 Å². The van der Waals surface area contributed by atoms with Crippen LogP contribution in [0.25, 0.3) is 0 Å². The number of nitrogens with one attached hydrogen (secondary N) is 2. The number of esters is 1. The second-order valence-corrected chi connectivity index (χ2v) is 5.94. The third-order valence-electron chi connectivity index (χ3n) is 3.12. The molecule has 5 nitrogen and oxygen atoms in total. The van der Waals surface area contributed by atoms with Crippen molar-refractivity contribution >= 4 is 47.2 Å². The van der Waals surface area contributed by atoms with Crippen molar-refractivity contribution in [2.24, 2.45) is 4.99 Å². The Hall–Kier alpha value is -0.830. The lowest BCUT2D eigenvalue weighted by Gasteiger charge is -2.10. The van der Waals surface area contributed by atoms with Crippen LogP contribution in [0.4, 0.5) is 0 Å². The molecule has 0 amide bonds. The number of hydrogen-bond acceptors (Lipinski definition) is 4. The molecule has 0 bridgehead atoms. The van der Waals surface area contributed by atoms with Crippen LogP contribution in [0, 0.1) is 0 Å². The first-order valence-electron chi connectivity index (χ1n) is 7.87. The fourth-order valence-corrected chi connectivity index (χ4v) is 2.66. The predicted molar refractivity (Wildman–Crippen MR) is 108 cm³/mol. The molecule has 1 aromatic heterocycles. The van der Waals surface area contributed by atoms with Crippen molar-refractivity contribution in [2.75, 3.05) is 26.7 Å². The SMILES string of the molecule is CCNC(=NCCCCCC(=O)OC)NCCc1cccs1.I. The molecule has 0 aliphatic heterocycles. The maximum Gasteiger partial charge on any atom is 0.305 e. The predicted octanol–water partition coefficient (Wildman–Crippen LogP) is 3.20. The summed E-state index contributed by atoms with van der Waals surface area (Å²) >= 11 is 1.78. The van der Waals surface area contributed by atoms with Gasteiger partial charge in [0, 0.05) is 30.9 Å². The minimum absolute atomic E-state index is 0. The first kappa shape index (κ1) is 22.2. The van der Waals surface area contributed by atoms with E-state index < -0.39 is 0 Å². The van der Waals surface area contributed by atoms with Gasteiger partial charge in [-0.05, 0) is 37.6 Å². The van der Waals surface area contributed by atoms with E-state index in [1.165, 1.54) is 12.0 Å². The number of carbonyl (C=O) groups excluding carboxylic acids is 1. The van der Waals surface area contributed by atoms with E-state index in [2.05, 4.69) is 44.8 Å². The lowest BCUT2D eigenvalue weighted by molar-refractivity contribution is -0.140. The Kier molecular flexibility index (Phi) is 14.2. The molecule has 0 spiro atoms. The molecule has 0 aliphatic rings. The normalized spacial score (nSPS) is 10.8. The number of carbonyl (C=O) groups is 1. The second-order valence-electron chi connectivity index (χ2n) is 4.90. The summed E-state index contributed by atoms with van der Waals surface area (Å²) < 4.78 is 4.62. The zero-order chi connectivity index (χ0) is 16.0. The van der Waals surface area contributed by atoms with Gasteiger partial charge in [-0.3, -0.25) is 9.79 Å². The molecule has 0 unspecified atom stereocenters. The van der Waals surface area contributed by atoms with Crippen molar-refractivity contribution in [1.82, 2.24) is 10.6 Å². The summed E-state index contributed by atoms with van der Waals surface area (Å²) in [6.45, 7) is 4.57. The fraction of sp³-hybridized carbons (Fsp3) is 0.625. The summed E-state index contributed by atoms with van der Waals surface area (Å²) in [6, 6.07) is 4.23. The summed E-state index contributed by atoms with van der Waals surface area (Å²) in [6.07, 6.45) is 4.36. The monoisotopic (exact) mass is 453 g/mol. The molecule has 7 heteroatoms. The van der Waals surface area contributed by atoms with E-state index in [0.717, 1.165) is 51.3 Å². The molecule has 23 heavy (non-hydrogen) atoms. The van der Waals surface area contributed by atoms with E-state index in [1.54, 1.807) is 11.3 Å². The second kappa shape index (κ2) is 14.7. The number of thiophene rings is 1. The fourth-order valence-electron chi connectivity index (χ4n) is 1.95. The number of rotatable bonds is 10. The van der Waals surface area contributed by atoms with Gasteiger partial charge in [0.15, 0.2) is 5.96 Å². The van der Waals surface area contributed by atoms with Crippen LogP contribution in [0.2, 0.25) is 0 Å². The molecular formula is C16H28IN3O2S. The van der Waals surface area contributed by atoms with E-state index in [-0.39, 0.29) is 29.9 Å². The Morgan fingerprint density at radius 1 is 1.30 bits per heavy atom. The molecule has 132 valence electrons. The molecule has 0 aromatic carbocycles. The largest absolute Gasteiger partial charge is 0.469 e. The number of guanidine groups is 1. The minimum Gasteiger partial charge on any atom is -0.469 e. The number of unbranched alkanes of at least 4 members (excludes halogenated alkanes) is 2. The topological polar surface area (TPSA) is 62.7 Å². The van der Waals surface area contributed by atoms with Gasteiger partial charge in [0.1, 0.15) is 0 Å². The van der Waals surface area contributed by atoms with Crippen LogP contribution in [0.15, 0.2) is 22.5 Å². The van der Waals surface area contributed by atoms with E-state index in [0.29, 0.717) is 6.42 Å². The quantitative estimate of drug-likeness (QED) is 0.188. The van der Waals surface area contributed by atoms with Crippen LogP contribution in [-0.2, 0) is 16.0 Å². The van der Waals surface area contributed by atoms with Gasteiger partial charge in [-0.1, -0.05) is 12.5 Å². The molecule has 2 N–H and O–H groups in total. The van der Waals surface area contributed by atoms with Crippen molar-refractivity contribution in [2.45, 2.75) is 39.0 Å². The van der Waals surface area contributed by atoms with E-state index in [9.17, 15) is 4.79 Å². The van der Waals surface area contributed by atoms with Gasteiger partial charge in [0.05, 0.1) is 7.11 Å². The van der Waals surface area contributed by atoms with Crippen molar-refractivity contribution in [3.63, 3.8) is 0 Å². The van der Waals surface area contributed by atoms with Crippen LogP contribution < -0.4 is 10.6 Å². The van der Waals surface area contributed by atoms with Crippen molar-refractivity contribution in [1.29, 1.82) is 0 Å². The Morgan fingerprint density at radius 2 is 2.13 bits per heavy atom. The number of methoxy groups -OCH3 is 1. The molecule has 1 rings (SSSR count). The highest BCUT2D eigenvalue weighted by Crippen LogP contribution is 2.08. The van der Waals surface area contributed by atoms with Crippen LogP contribution in [0.3, 0.4) is 0 Å². The van der Waals surface area contributed by atoms with E-state index in [4.69, 9.17) is 0 Å². The highest BCUT2D eigenvalue weighted by molar-refractivity contribution is 14.0. The zero-order valence-electron chi connectivity index (χ0n) is 14.0. The van der Waals surface area contributed by atoms with Crippen molar-refractivity contribution in [3.8, 4) is 0 Å². The maximum atomic E-state index is 11.0. The molecule has 0 atom stereocenters. The summed E-state index contributed by atoms with van der Waals surface area (Å²) in [4.78, 5) is 16.9. The van der Waals surface area contributed by atoms with Gasteiger partial charge in [0.2, 0.25) is 0 Å².